The Balaban J connectivity index is 1.85. The number of rotatable bonds is 5. The highest BCUT2D eigenvalue weighted by molar-refractivity contribution is 5.19. The molecule has 1 saturated carbocycles. The van der Waals surface area contributed by atoms with Crippen LogP contribution in [0, 0.1) is 0 Å². The van der Waals surface area contributed by atoms with Crippen LogP contribution in [0.4, 0.5) is 13.2 Å². The predicted molar refractivity (Wildman–Crippen MR) is 86.2 cm³/mol. The average molecular weight is 335 g/mol. The van der Waals surface area contributed by atoms with Gasteiger partial charge in [0, 0.05) is 19.1 Å². The minimum absolute atomic E-state index is 0.235. The van der Waals surface area contributed by atoms with Crippen molar-refractivity contribution in [3.05, 3.63) is 71.8 Å². The van der Waals surface area contributed by atoms with Gasteiger partial charge in [0.05, 0.1) is 0 Å². The Hall–Kier alpha value is -1.85. The van der Waals surface area contributed by atoms with Crippen molar-refractivity contribution in [2.45, 2.75) is 43.8 Å². The summed E-state index contributed by atoms with van der Waals surface area (Å²) in [6.45, 7) is 0.748. The van der Waals surface area contributed by atoms with Crippen molar-refractivity contribution >= 4 is 0 Å². The van der Waals surface area contributed by atoms with Crippen LogP contribution in [-0.4, -0.2) is 27.8 Å². The molecule has 5 heteroatoms. The van der Waals surface area contributed by atoms with E-state index in [0.29, 0.717) is 19.5 Å². The lowest BCUT2D eigenvalue weighted by molar-refractivity contribution is -0.312. The lowest BCUT2D eigenvalue weighted by Gasteiger charge is -2.51. The van der Waals surface area contributed by atoms with Gasteiger partial charge in [0.15, 0.2) is 5.60 Å². The van der Waals surface area contributed by atoms with Gasteiger partial charge in [-0.05, 0) is 24.0 Å². The van der Waals surface area contributed by atoms with E-state index >= 15 is 0 Å². The van der Waals surface area contributed by atoms with Crippen LogP contribution in [-0.2, 0) is 13.1 Å². The molecular formula is C19H20F3NO. The molecule has 0 radical (unpaired) electrons. The fourth-order valence-corrected chi connectivity index (χ4v) is 3.27. The van der Waals surface area contributed by atoms with Crippen LogP contribution in [0.5, 0.6) is 0 Å². The van der Waals surface area contributed by atoms with E-state index in [1.165, 1.54) is 0 Å². The first-order valence-corrected chi connectivity index (χ1v) is 8.01. The smallest absolute Gasteiger partial charge is 0.379 e. The molecule has 128 valence electrons. The molecule has 2 aromatic carbocycles. The van der Waals surface area contributed by atoms with E-state index in [0.717, 1.165) is 11.1 Å². The molecule has 0 heterocycles. The number of halogens is 3. The summed E-state index contributed by atoms with van der Waals surface area (Å²) in [5.41, 5.74) is -0.744. The second-order valence-electron chi connectivity index (χ2n) is 6.35. The van der Waals surface area contributed by atoms with Crippen molar-refractivity contribution in [1.82, 2.24) is 4.90 Å². The fourth-order valence-electron chi connectivity index (χ4n) is 3.27. The average Bonchev–Trinajstić information content (AvgIpc) is 2.54. The highest BCUT2D eigenvalue weighted by Crippen LogP contribution is 2.48. The molecule has 1 aliphatic carbocycles. The Morgan fingerprint density at radius 2 is 1.38 bits per heavy atom. The predicted octanol–water partition coefficient (Wildman–Crippen LogP) is 4.14. The van der Waals surface area contributed by atoms with Crippen molar-refractivity contribution in [3.63, 3.8) is 0 Å². The number of nitrogens with zero attached hydrogens (tertiary/aromatic N) is 1. The lowest BCUT2D eigenvalue weighted by atomic mass is 9.73. The van der Waals surface area contributed by atoms with E-state index in [4.69, 9.17) is 0 Å². The third-order valence-corrected chi connectivity index (χ3v) is 4.74. The van der Waals surface area contributed by atoms with Crippen LogP contribution in [0.1, 0.15) is 24.0 Å². The minimum Gasteiger partial charge on any atom is -0.379 e. The summed E-state index contributed by atoms with van der Waals surface area (Å²) >= 11 is 0. The van der Waals surface area contributed by atoms with E-state index in [2.05, 4.69) is 0 Å². The van der Waals surface area contributed by atoms with Crippen LogP contribution in [0.3, 0.4) is 0 Å². The molecule has 1 fully saturated rings. The van der Waals surface area contributed by atoms with E-state index in [1.54, 1.807) is 4.90 Å². The van der Waals surface area contributed by atoms with Gasteiger partial charge in [-0.1, -0.05) is 60.7 Å². The summed E-state index contributed by atoms with van der Waals surface area (Å²) in [5, 5.41) is 10.2. The van der Waals surface area contributed by atoms with E-state index in [9.17, 15) is 18.3 Å². The molecule has 3 rings (SSSR count). The SMILES string of the molecule is OC1(C(F)(F)F)CCC1N(Cc1ccccc1)Cc1ccccc1. The summed E-state index contributed by atoms with van der Waals surface area (Å²) < 4.78 is 39.9. The summed E-state index contributed by atoms with van der Waals surface area (Å²) in [6.07, 6.45) is -4.50. The highest BCUT2D eigenvalue weighted by Gasteiger charge is 2.64. The maximum Gasteiger partial charge on any atom is 0.418 e. The van der Waals surface area contributed by atoms with Gasteiger partial charge < -0.3 is 5.11 Å². The summed E-state index contributed by atoms with van der Waals surface area (Å²) in [4.78, 5) is 1.74. The minimum atomic E-state index is -4.61. The maximum atomic E-state index is 13.3. The molecule has 2 aromatic rings. The molecule has 0 amide bonds. The molecular weight excluding hydrogens is 315 g/mol. The normalized spacial score (nSPS) is 24.0. The molecule has 0 spiro atoms. The van der Waals surface area contributed by atoms with Gasteiger partial charge in [-0.25, -0.2) is 0 Å². The summed E-state index contributed by atoms with van der Waals surface area (Å²) in [5.74, 6) is 0. The second kappa shape index (κ2) is 6.57. The van der Waals surface area contributed by atoms with Crippen LogP contribution >= 0.6 is 0 Å². The van der Waals surface area contributed by atoms with Gasteiger partial charge in [0.25, 0.3) is 0 Å². The molecule has 1 N–H and O–H groups in total. The van der Waals surface area contributed by atoms with Crippen LogP contribution in [0.15, 0.2) is 60.7 Å². The monoisotopic (exact) mass is 335 g/mol. The number of benzene rings is 2. The zero-order chi connectivity index (χ0) is 17.2. The van der Waals surface area contributed by atoms with Crippen molar-refractivity contribution in [2.75, 3.05) is 0 Å². The fraction of sp³-hybridized carbons (Fsp3) is 0.368. The van der Waals surface area contributed by atoms with E-state index in [1.807, 2.05) is 60.7 Å². The molecule has 2 unspecified atom stereocenters. The van der Waals surface area contributed by atoms with E-state index in [-0.39, 0.29) is 6.42 Å². The molecule has 24 heavy (non-hydrogen) atoms. The van der Waals surface area contributed by atoms with Crippen molar-refractivity contribution in [3.8, 4) is 0 Å². The molecule has 2 nitrogen and oxygen atoms in total. The third kappa shape index (κ3) is 3.32. The Bertz CT molecular complexity index is 618. The molecule has 1 aliphatic rings. The highest BCUT2D eigenvalue weighted by atomic mass is 19.4. The van der Waals surface area contributed by atoms with Gasteiger partial charge in [0.2, 0.25) is 0 Å². The lowest BCUT2D eigenvalue weighted by Crippen LogP contribution is -2.67. The van der Waals surface area contributed by atoms with Gasteiger partial charge in [-0.15, -0.1) is 0 Å². The van der Waals surface area contributed by atoms with Crippen LogP contribution < -0.4 is 0 Å². The first-order valence-electron chi connectivity index (χ1n) is 8.01. The van der Waals surface area contributed by atoms with Gasteiger partial charge in [-0.2, -0.15) is 13.2 Å². The third-order valence-electron chi connectivity index (χ3n) is 4.74. The largest absolute Gasteiger partial charge is 0.418 e. The maximum absolute atomic E-state index is 13.3. The Morgan fingerprint density at radius 3 is 1.71 bits per heavy atom. The Morgan fingerprint density at radius 1 is 0.917 bits per heavy atom. The number of alkyl halides is 3. The van der Waals surface area contributed by atoms with Gasteiger partial charge in [0.1, 0.15) is 0 Å². The summed E-state index contributed by atoms with van der Waals surface area (Å²) in [6, 6.07) is 17.9. The standard InChI is InChI=1S/C19H20F3NO/c20-19(21,22)18(24)12-11-17(18)23(13-15-7-3-1-4-8-15)14-16-9-5-2-6-10-16/h1-10,17,24H,11-14H2. The van der Waals surface area contributed by atoms with E-state index < -0.39 is 17.8 Å². The molecule has 0 aromatic heterocycles. The first-order chi connectivity index (χ1) is 11.4. The molecule has 0 bridgehead atoms. The molecule has 2 atom stereocenters. The first kappa shape index (κ1) is 17.0. The number of aliphatic hydroxyl groups is 1. The quantitative estimate of drug-likeness (QED) is 0.887. The topological polar surface area (TPSA) is 23.5 Å². The number of hydrogen-bond acceptors (Lipinski definition) is 2. The number of hydrogen-bond donors (Lipinski definition) is 1. The Labute approximate surface area is 139 Å². The second-order valence-corrected chi connectivity index (χ2v) is 6.35. The van der Waals surface area contributed by atoms with Gasteiger partial charge >= 0.3 is 6.18 Å². The zero-order valence-electron chi connectivity index (χ0n) is 13.2. The molecule has 0 saturated heterocycles. The van der Waals surface area contributed by atoms with Crippen molar-refractivity contribution in [2.24, 2.45) is 0 Å². The summed E-state index contributed by atoms with van der Waals surface area (Å²) in [7, 11) is 0. The van der Waals surface area contributed by atoms with Gasteiger partial charge in [-0.3, -0.25) is 4.90 Å². The van der Waals surface area contributed by atoms with Crippen molar-refractivity contribution in [1.29, 1.82) is 0 Å². The van der Waals surface area contributed by atoms with Crippen LogP contribution in [0.2, 0.25) is 0 Å². The zero-order valence-corrected chi connectivity index (χ0v) is 13.2. The van der Waals surface area contributed by atoms with Crippen LogP contribution in [0.25, 0.3) is 0 Å². The Kier molecular flexibility index (Phi) is 4.65. The van der Waals surface area contributed by atoms with Crippen molar-refractivity contribution < 1.29 is 18.3 Å². The molecule has 0 aliphatic heterocycles.